The number of rotatable bonds is 4. The van der Waals surface area contributed by atoms with Crippen molar-refractivity contribution in [2.24, 2.45) is 11.8 Å². The van der Waals surface area contributed by atoms with Crippen molar-refractivity contribution in [1.82, 2.24) is 0 Å². The third-order valence-corrected chi connectivity index (χ3v) is 3.49. The van der Waals surface area contributed by atoms with Gasteiger partial charge in [0.25, 0.3) is 5.69 Å². The van der Waals surface area contributed by atoms with E-state index >= 15 is 0 Å². The van der Waals surface area contributed by atoms with Crippen LogP contribution in [0.2, 0.25) is 0 Å². The van der Waals surface area contributed by atoms with Crippen LogP contribution in [-0.2, 0) is 4.79 Å². The Balaban J connectivity index is 2.06. The predicted octanol–water partition coefficient (Wildman–Crippen LogP) is 1.89. The standard InChI is InChI=1S/C12H13FN2O4/c1-7(12(16)17)8-5-14(6-8)11-3-2-9(15(18)19)4-10(11)13/h2-4,7-8H,5-6H2,1H3,(H,16,17). The second-order valence-electron chi connectivity index (χ2n) is 4.68. The topological polar surface area (TPSA) is 83.7 Å². The number of hydrogen-bond donors (Lipinski definition) is 1. The molecular weight excluding hydrogens is 255 g/mol. The van der Waals surface area contributed by atoms with Crippen LogP contribution in [-0.4, -0.2) is 29.1 Å². The van der Waals surface area contributed by atoms with Crippen LogP contribution in [0.15, 0.2) is 18.2 Å². The zero-order valence-corrected chi connectivity index (χ0v) is 10.2. The molecule has 6 nitrogen and oxygen atoms in total. The zero-order chi connectivity index (χ0) is 14.2. The predicted molar refractivity (Wildman–Crippen MR) is 65.6 cm³/mol. The summed E-state index contributed by atoms with van der Waals surface area (Å²) in [6, 6.07) is 3.48. The molecule has 0 amide bonds. The largest absolute Gasteiger partial charge is 0.481 e. The van der Waals surface area contributed by atoms with Crippen LogP contribution in [0, 0.1) is 27.8 Å². The number of nitrogens with zero attached hydrogens (tertiary/aromatic N) is 2. The third kappa shape index (κ3) is 2.49. The van der Waals surface area contributed by atoms with Crippen molar-refractivity contribution in [3.05, 3.63) is 34.1 Å². The van der Waals surface area contributed by atoms with E-state index in [1.54, 1.807) is 11.8 Å². The Morgan fingerprint density at radius 3 is 2.68 bits per heavy atom. The number of halogens is 1. The molecule has 1 aromatic rings. The Bertz CT molecular complexity index is 528. The van der Waals surface area contributed by atoms with Crippen molar-refractivity contribution in [2.75, 3.05) is 18.0 Å². The maximum absolute atomic E-state index is 13.7. The highest BCUT2D eigenvalue weighted by Crippen LogP contribution is 2.32. The van der Waals surface area contributed by atoms with Crippen LogP contribution in [0.1, 0.15) is 6.92 Å². The number of non-ortho nitro benzene ring substituents is 1. The molecule has 7 heteroatoms. The first-order chi connectivity index (χ1) is 8.90. The van der Waals surface area contributed by atoms with E-state index in [0.717, 1.165) is 6.07 Å². The third-order valence-electron chi connectivity index (χ3n) is 3.49. The lowest BCUT2D eigenvalue weighted by Gasteiger charge is -2.42. The first-order valence-corrected chi connectivity index (χ1v) is 5.82. The Labute approximate surface area is 108 Å². The van der Waals surface area contributed by atoms with Gasteiger partial charge in [0.15, 0.2) is 5.82 Å². The van der Waals surface area contributed by atoms with Gasteiger partial charge in [-0.2, -0.15) is 0 Å². The average Bonchev–Trinajstić information content (AvgIpc) is 2.28. The number of nitro benzene ring substituents is 1. The highest BCUT2D eigenvalue weighted by molar-refractivity contribution is 5.70. The molecule has 0 radical (unpaired) electrons. The van der Waals surface area contributed by atoms with Gasteiger partial charge in [-0.05, 0) is 6.07 Å². The number of aliphatic carboxylic acids is 1. The highest BCUT2D eigenvalue weighted by atomic mass is 19.1. The van der Waals surface area contributed by atoms with Gasteiger partial charge in [-0.25, -0.2) is 4.39 Å². The Morgan fingerprint density at radius 1 is 1.58 bits per heavy atom. The van der Waals surface area contributed by atoms with Gasteiger partial charge in [0, 0.05) is 25.1 Å². The van der Waals surface area contributed by atoms with E-state index in [4.69, 9.17) is 5.11 Å². The van der Waals surface area contributed by atoms with Gasteiger partial charge in [0.05, 0.1) is 22.6 Å². The fourth-order valence-electron chi connectivity index (χ4n) is 2.09. The van der Waals surface area contributed by atoms with Crippen molar-refractivity contribution in [3.8, 4) is 0 Å². The van der Waals surface area contributed by atoms with Gasteiger partial charge in [0.2, 0.25) is 0 Å². The molecule has 1 aromatic carbocycles. The van der Waals surface area contributed by atoms with Crippen LogP contribution in [0.4, 0.5) is 15.8 Å². The van der Waals surface area contributed by atoms with Crippen LogP contribution in [0.3, 0.4) is 0 Å². The van der Waals surface area contributed by atoms with Gasteiger partial charge >= 0.3 is 5.97 Å². The SMILES string of the molecule is CC(C(=O)O)C1CN(c2ccc([N+](=O)[O-])cc2F)C1. The van der Waals surface area contributed by atoms with Crippen molar-refractivity contribution >= 4 is 17.3 Å². The number of nitro groups is 1. The summed E-state index contributed by atoms with van der Waals surface area (Å²) in [6.45, 7) is 2.51. The fourth-order valence-corrected chi connectivity index (χ4v) is 2.09. The van der Waals surface area contributed by atoms with E-state index in [2.05, 4.69) is 0 Å². The minimum absolute atomic E-state index is 0.0212. The van der Waals surface area contributed by atoms with Gasteiger partial charge < -0.3 is 10.0 Å². The summed E-state index contributed by atoms with van der Waals surface area (Å²) in [5.74, 6) is -2.02. The molecule has 1 aliphatic rings. The molecule has 1 heterocycles. The molecule has 0 aromatic heterocycles. The molecule has 0 bridgehead atoms. The first-order valence-electron chi connectivity index (χ1n) is 5.82. The Hall–Kier alpha value is -2.18. The van der Waals surface area contributed by atoms with Crippen molar-refractivity contribution < 1.29 is 19.2 Å². The average molecular weight is 268 g/mol. The number of carboxylic acids is 1. The van der Waals surface area contributed by atoms with Crippen LogP contribution in [0.25, 0.3) is 0 Å². The second-order valence-corrected chi connectivity index (χ2v) is 4.68. The summed E-state index contributed by atoms with van der Waals surface area (Å²) in [5.41, 5.74) is -0.0170. The highest BCUT2D eigenvalue weighted by Gasteiger charge is 2.35. The number of carboxylic acid groups (broad SMARTS) is 1. The quantitative estimate of drug-likeness (QED) is 0.666. The molecule has 1 unspecified atom stereocenters. The molecule has 1 N–H and O–H groups in total. The summed E-state index contributed by atoms with van der Waals surface area (Å²) >= 11 is 0. The van der Waals surface area contributed by atoms with E-state index < -0.39 is 22.6 Å². The number of carbonyl (C=O) groups is 1. The summed E-state index contributed by atoms with van der Waals surface area (Å²) < 4.78 is 13.7. The molecule has 102 valence electrons. The summed E-state index contributed by atoms with van der Waals surface area (Å²) in [4.78, 5) is 22.3. The minimum atomic E-state index is -0.867. The van der Waals surface area contributed by atoms with Gasteiger partial charge in [-0.3, -0.25) is 14.9 Å². The van der Waals surface area contributed by atoms with Gasteiger partial charge in [-0.1, -0.05) is 6.92 Å². The zero-order valence-electron chi connectivity index (χ0n) is 10.2. The van der Waals surface area contributed by atoms with Crippen molar-refractivity contribution in [1.29, 1.82) is 0 Å². The lowest BCUT2D eigenvalue weighted by molar-refractivity contribution is -0.385. The smallest absolute Gasteiger partial charge is 0.306 e. The maximum Gasteiger partial charge on any atom is 0.306 e. The van der Waals surface area contributed by atoms with Crippen LogP contribution < -0.4 is 4.90 Å². The molecule has 1 aliphatic heterocycles. The minimum Gasteiger partial charge on any atom is -0.481 e. The summed E-state index contributed by atoms with van der Waals surface area (Å²) in [6.07, 6.45) is 0. The Kier molecular flexibility index (Phi) is 3.37. The number of anilines is 1. The van der Waals surface area contributed by atoms with Crippen molar-refractivity contribution in [2.45, 2.75) is 6.92 Å². The van der Waals surface area contributed by atoms with Crippen molar-refractivity contribution in [3.63, 3.8) is 0 Å². The molecule has 19 heavy (non-hydrogen) atoms. The monoisotopic (exact) mass is 268 g/mol. The number of benzene rings is 1. The van der Waals surface area contributed by atoms with Crippen LogP contribution in [0.5, 0.6) is 0 Å². The molecule has 1 saturated heterocycles. The van der Waals surface area contributed by atoms with Gasteiger partial charge in [-0.15, -0.1) is 0 Å². The van der Waals surface area contributed by atoms with E-state index in [1.807, 2.05) is 0 Å². The van der Waals surface area contributed by atoms with E-state index in [0.29, 0.717) is 13.1 Å². The van der Waals surface area contributed by atoms with E-state index in [9.17, 15) is 19.3 Å². The molecule has 0 spiro atoms. The maximum atomic E-state index is 13.7. The summed E-state index contributed by atoms with van der Waals surface area (Å²) in [7, 11) is 0. The lowest BCUT2D eigenvalue weighted by atomic mass is 9.86. The molecular formula is C12H13FN2O4. The molecule has 1 fully saturated rings. The van der Waals surface area contributed by atoms with Gasteiger partial charge in [0.1, 0.15) is 0 Å². The molecule has 2 rings (SSSR count). The molecule has 0 saturated carbocycles. The fraction of sp³-hybridized carbons (Fsp3) is 0.417. The van der Waals surface area contributed by atoms with Crippen LogP contribution >= 0.6 is 0 Å². The molecule has 0 aliphatic carbocycles. The number of hydrogen-bond acceptors (Lipinski definition) is 4. The lowest BCUT2D eigenvalue weighted by Crippen LogP contribution is -2.51. The first kappa shape index (κ1) is 13.3. The van der Waals surface area contributed by atoms with E-state index in [-0.39, 0.29) is 17.3 Å². The Morgan fingerprint density at radius 2 is 2.21 bits per heavy atom. The normalized spacial score (nSPS) is 16.8. The summed E-state index contributed by atoms with van der Waals surface area (Å²) in [5, 5.41) is 19.4. The molecule has 1 atom stereocenters. The van der Waals surface area contributed by atoms with E-state index in [1.165, 1.54) is 12.1 Å². The second kappa shape index (κ2) is 4.83.